The summed E-state index contributed by atoms with van der Waals surface area (Å²) in [6, 6.07) is 0. The van der Waals surface area contributed by atoms with Gasteiger partial charge in [-0.05, 0) is 0 Å². The van der Waals surface area contributed by atoms with Crippen molar-refractivity contribution in [3.8, 4) is 12.0 Å². The minimum Gasteiger partial charge on any atom is -0.140 e. The summed E-state index contributed by atoms with van der Waals surface area (Å²) in [4.78, 5) is 0. The molecule has 0 aromatic rings. The van der Waals surface area contributed by atoms with Gasteiger partial charge in [-0.15, -0.1) is 12.0 Å². The van der Waals surface area contributed by atoms with Gasteiger partial charge in [0.1, 0.15) is 8.31 Å². The fourth-order valence-corrected chi connectivity index (χ4v) is 1.95. The van der Waals surface area contributed by atoms with Gasteiger partial charge >= 0.3 is 0 Å². The highest BCUT2D eigenvalue weighted by molar-refractivity contribution is 7.34. The summed E-state index contributed by atoms with van der Waals surface area (Å²) in [5.74, 6) is 0. The van der Waals surface area contributed by atoms with Crippen molar-refractivity contribution in [3.05, 3.63) is 0 Å². The van der Waals surface area contributed by atoms with Crippen molar-refractivity contribution in [1.29, 1.82) is 0 Å². The van der Waals surface area contributed by atoms with Gasteiger partial charge in [-0.2, -0.15) is 0 Å². The van der Waals surface area contributed by atoms with Gasteiger partial charge in [0.25, 0.3) is 0 Å². The second-order valence-corrected chi connectivity index (χ2v) is 15.8. The van der Waals surface area contributed by atoms with Crippen molar-refractivity contribution in [2.24, 2.45) is 0 Å². The monoisotopic (exact) mass is 141 g/mol. The van der Waals surface area contributed by atoms with Gasteiger partial charge in [-0.1, -0.05) is 26.2 Å². The van der Waals surface area contributed by atoms with E-state index in [4.69, 9.17) is 6.42 Å². The summed E-state index contributed by atoms with van der Waals surface area (Å²) in [6.45, 7) is 9.24. The Labute approximate surface area is 54.7 Å². The zero-order valence-electron chi connectivity index (χ0n) is 6.08. The Morgan fingerprint density at radius 1 is 1.38 bits per heavy atom. The Morgan fingerprint density at radius 2 is 1.75 bits per heavy atom. The van der Waals surface area contributed by atoms with Crippen LogP contribution in [0.4, 0.5) is 0 Å². The standard InChI is InChI=1S/C6H13Si2/c1-6-7(2)8(3,4)5/h1H,2-5H3. The van der Waals surface area contributed by atoms with Crippen LogP contribution in [0.25, 0.3) is 0 Å². The average molecular weight is 141 g/mol. The lowest BCUT2D eigenvalue weighted by Gasteiger charge is -2.16. The minimum absolute atomic E-state index is 0.378. The summed E-state index contributed by atoms with van der Waals surface area (Å²) in [5.41, 5.74) is 2.87. The van der Waals surface area contributed by atoms with Gasteiger partial charge in [0.05, 0.1) is 7.59 Å². The number of rotatable bonds is 1. The van der Waals surface area contributed by atoms with E-state index in [0.717, 1.165) is 0 Å². The van der Waals surface area contributed by atoms with E-state index < -0.39 is 7.59 Å². The van der Waals surface area contributed by atoms with E-state index in [1.807, 2.05) is 0 Å². The largest absolute Gasteiger partial charge is 0.140 e. The first kappa shape index (κ1) is 7.99. The third-order valence-corrected chi connectivity index (χ3v) is 11.2. The van der Waals surface area contributed by atoms with Crippen molar-refractivity contribution in [2.75, 3.05) is 0 Å². The number of hydrogen-bond donors (Lipinski definition) is 0. The minimum atomic E-state index is -0.895. The van der Waals surface area contributed by atoms with Crippen LogP contribution in [0.2, 0.25) is 26.2 Å². The van der Waals surface area contributed by atoms with Crippen LogP contribution in [0, 0.1) is 12.0 Å². The van der Waals surface area contributed by atoms with Crippen molar-refractivity contribution < 1.29 is 0 Å². The predicted molar refractivity (Wildman–Crippen MR) is 43.8 cm³/mol. The summed E-state index contributed by atoms with van der Waals surface area (Å²) in [5, 5.41) is 0. The molecule has 0 rings (SSSR count). The molecule has 8 heavy (non-hydrogen) atoms. The topological polar surface area (TPSA) is 0 Å². The van der Waals surface area contributed by atoms with Crippen LogP contribution in [-0.2, 0) is 0 Å². The SMILES string of the molecule is C#C[Si](C)[Si](C)(C)C. The van der Waals surface area contributed by atoms with Gasteiger partial charge in [0, 0.05) is 0 Å². The first-order valence-electron chi connectivity index (χ1n) is 2.79. The van der Waals surface area contributed by atoms with E-state index in [1.165, 1.54) is 0 Å². The molecule has 0 aliphatic carbocycles. The maximum absolute atomic E-state index is 5.29. The molecule has 0 unspecified atom stereocenters. The Hall–Kier alpha value is -0.00623. The quantitative estimate of drug-likeness (QED) is 0.385. The molecule has 0 spiro atoms. The first-order chi connectivity index (χ1) is 3.48. The highest BCUT2D eigenvalue weighted by atomic mass is 29.2. The van der Waals surface area contributed by atoms with Crippen LogP contribution in [0.1, 0.15) is 0 Å². The molecule has 1 radical (unpaired) electrons. The van der Waals surface area contributed by atoms with Crippen LogP contribution < -0.4 is 0 Å². The molecule has 0 nitrogen and oxygen atoms in total. The smallest absolute Gasteiger partial charge is 0.130 e. The zero-order valence-corrected chi connectivity index (χ0v) is 8.08. The van der Waals surface area contributed by atoms with Crippen LogP contribution in [0.3, 0.4) is 0 Å². The van der Waals surface area contributed by atoms with Crippen molar-refractivity contribution >= 4 is 15.9 Å². The third-order valence-electron chi connectivity index (χ3n) is 1.34. The second kappa shape index (κ2) is 2.52. The fourth-order valence-electron chi connectivity index (χ4n) is 0.217. The molecule has 0 N–H and O–H groups in total. The Bertz CT molecular complexity index is 105. The van der Waals surface area contributed by atoms with E-state index in [-0.39, 0.29) is 8.31 Å². The fraction of sp³-hybridized carbons (Fsp3) is 0.667. The van der Waals surface area contributed by atoms with Gasteiger partial charge in [-0.25, -0.2) is 0 Å². The molecule has 0 amide bonds. The van der Waals surface area contributed by atoms with E-state index in [2.05, 4.69) is 31.7 Å². The molecule has 0 aromatic heterocycles. The summed E-state index contributed by atoms with van der Waals surface area (Å²) in [6.07, 6.45) is 5.29. The van der Waals surface area contributed by atoms with Gasteiger partial charge in [0.15, 0.2) is 0 Å². The van der Waals surface area contributed by atoms with Crippen molar-refractivity contribution in [2.45, 2.75) is 26.2 Å². The molecule has 0 bridgehead atoms. The molecule has 0 fully saturated rings. The average Bonchev–Trinajstić information content (AvgIpc) is 1.62. The van der Waals surface area contributed by atoms with Crippen LogP contribution in [0.5, 0.6) is 0 Å². The van der Waals surface area contributed by atoms with E-state index >= 15 is 0 Å². The maximum Gasteiger partial charge on any atom is 0.130 e. The molecule has 0 saturated carbocycles. The molecular formula is C6H13Si2. The summed E-state index contributed by atoms with van der Waals surface area (Å²) >= 11 is 0. The molecule has 0 aliphatic heterocycles. The lowest BCUT2D eigenvalue weighted by Crippen LogP contribution is -2.38. The highest BCUT2D eigenvalue weighted by Gasteiger charge is 2.21. The van der Waals surface area contributed by atoms with Crippen LogP contribution in [0.15, 0.2) is 0 Å². The number of terminal acetylenes is 1. The second-order valence-electron chi connectivity index (χ2n) is 3.02. The molecule has 0 heterocycles. The highest BCUT2D eigenvalue weighted by Crippen LogP contribution is 2.03. The molecule has 0 saturated heterocycles. The Kier molecular flexibility index (Phi) is 2.51. The lowest BCUT2D eigenvalue weighted by atomic mass is 11.4. The predicted octanol–water partition coefficient (Wildman–Crippen LogP) is 1.70. The summed E-state index contributed by atoms with van der Waals surface area (Å²) in [7, 11) is -1.27. The first-order valence-corrected chi connectivity index (χ1v) is 9.29. The van der Waals surface area contributed by atoms with Crippen LogP contribution in [-0.4, -0.2) is 15.9 Å². The molecule has 2 heteroatoms. The Balaban J connectivity index is 3.87. The normalized spacial score (nSPS) is 11.5. The molecule has 0 aromatic carbocycles. The van der Waals surface area contributed by atoms with Gasteiger partial charge in [0.2, 0.25) is 0 Å². The van der Waals surface area contributed by atoms with Crippen molar-refractivity contribution in [1.82, 2.24) is 0 Å². The molecule has 45 valence electrons. The molecule has 0 aliphatic rings. The zero-order chi connectivity index (χ0) is 6.78. The van der Waals surface area contributed by atoms with Gasteiger partial charge < -0.3 is 0 Å². The van der Waals surface area contributed by atoms with Crippen molar-refractivity contribution in [3.63, 3.8) is 0 Å². The third kappa shape index (κ3) is 2.34. The van der Waals surface area contributed by atoms with E-state index in [0.29, 0.717) is 0 Å². The maximum atomic E-state index is 5.29. The molecular weight excluding hydrogens is 128 g/mol. The lowest BCUT2D eigenvalue weighted by molar-refractivity contribution is 1.83. The van der Waals surface area contributed by atoms with E-state index in [9.17, 15) is 0 Å². The summed E-state index contributed by atoms with van der Waals surface area (Å²) < 4.78 is 0. The Morgan fingerprint density at radius 3 is 1.75 bits per heavy atom. The molecule has 0 atom stereocenters. The van der Waals surface area contributed by atoms with Gasteiger partial charge in [-0.3, -0.25) is 0 Å². The van der Waals surface area contributed by atoms with E-state index in [1.54, 1.807) is 0 Å². The number of hydrogen-bond acceptors (Lipinski definition) is 0. The van der Waals surface area contributed by atoms with Crippen LogP contribution >= 0.6 is 0 Å².